The molecule has 0 aliphatic heterocycles. The quantitative estimate of drug-likeness (QED) is 0.231. The number of amides is 1. The van der Waals surface area contributed by atoms with Crippen LogP contribution in [0.15, 0.2) is 18.2 Å². The Kier molecular flexibility index (Phi) is 13.5. The Bertz CT molecular complexity index is 680. The number of rotatable bonds is 15. The van der Waals surface area contributed by atoms with E-state index in [4.69, 9.17) is 7.81 Å². The number of benzene rings is 1. The summed E-state index contributed by atoms with van der Waals surface area (Å²) in [6.45, 7) is 12.3. The number of carbonyl (C=O) groups is 2. The number of hydrogen-bond donors (Lipinski definition) is 0. The SMILES string of the molecule is CCC[CH2][Sn]([CH2]CCC)([CH2]CCC)[O]C(=O)C(C)N(C(=O)COC)c1c(C)cccc1C. The molecule has 0 spiro atoms. The molecule has 1 amide bonds. The van der Waals surface area contributed by atoms with E-state index in [1.54, 1.807) is 11.8 Å². The maximum atomic E-state index is 13.6. The summed E-state index contributed by atoms with van der Waals surface area (Å²) in [5.74, 6) is -0.456. The summed E-state index contributed by atoms with van der Waals surface area (Å²) in [5, 5.41) is 0. The van der Waals surface area contributed by atoms with Crippen molar-refractivity contribution < 1.29 is 17.4 Å². The summed E-state index contributed by atoms with van der Waals surface area (Å²) in [5.41, 5.74) is 2.72. The molecule has 0 aliphatic carbocycles. The van der Waals surface area contributed by atoms with Gasteiger partial charge in [0.1, 0.15) is 0 Å². The van der Waals surface area contributed by atoms with Crippen LogP contribution in [0.4, 0.5) is 5.69 Å². The van der Waals surface area contributed by atoms with E-state index in [0.29, 0.717) is 0 Å². The van der Waals surface area contributed by atoms with Crippen LogP contribution < -0.4 is 4.90 Å². The van der Waals surface area contributed by atoms with Crippen molar-refractivity contribution in [1.29, 1.82) is 0 Å². The van der Waals surface area contributed by atoms with Gasteiger partial charge < -0.3 is 0 Å². The molecule has 1 unspecified atom stereocenters. The van der Waals surface area contributed by atoms with Gasteiger partial charge in [-0.25, -0.2) is 0 Å². The fraction of sp³-hybridized carbons (Fsp3) is 0.692. The Labute approximate surface area is 200 Å². The first-order valence-corrected chi connectivity index (χ1v) is 19.6. The van der Waals surface area contributed by atoms with E-state index in [1.165, 1.54) is 7.11 Å². The first-order valence-electron chi connectivity index (χ1n) is 12.4. The van der Waals surface area contributed by atoms with Gasteiger partial charge in [-0.1, -0.05) is 0 Å². The van der Waals surface area contributed by atoms with E-state index in [9.17, 15) is 9.59 Å². The molecule has 1 rings (SSSR count). The number of methoxy groups -OCH3 is 1. The van der Waals surface area contributed by atoms with Crippen molar-refractivity contribution in [2.75, 3.05) is 18.6 Å². The van der Waals surface area contributed by atoms with Crippen molar-refractivity contribution in [3.63, 3.8) is 0 Å². The second kappa shape index (κ2) is 14.9. The predicted octanol–water partition coefficient (Wildman–Crippen LogP) is 6.56. The molecule has 5 nitrogen and oxygen atoms in total. The van der Waals surface area contributed by atoms with E-state index < -0.39 is 24.8 Å². The van der Waals surface area contributed by atoms with Gasteiger partial charge in [0.25, 0.3) is 0 Å². The van der Waals surface area contributed by atoms with Crippen LogP contribution in [0.2, 0.25) is 13.3 Å². The summed E-state index contributed by atoms with van der Waals surface area (Å²) in [7, 11) is 1.51. The predicted molar refractivity (Wildman–Crippen MR) is 136 cm³/mol. The Morgan fingerprint density at radius 1 is 0.938 bits per heavy atom. The molecule has 1 atom stereocenters. The third-order valence-corrected chi connectivity index (χ3v) is 18.9. The number of unbranched alkanes of at least 4 members (excludes halogenated alkanes) is 3. The molecule has 0 aromatic heterocycles. The van der Waals surface area contributed by atoms with E-state index in [0.717, 1.165) is 68.6 Å². The average Bonchev–Trinajstić information content (AvgIpc) is 2.76. The van der Waals surface area contributed by atoms with Crippen LogP contribution in [0.3, 0.4) is 0 Å². The molecule has 0 heterocycles. The van der Waals surface area contributed by atoms with E-state index in [1.807, 2.05) is 32.0 Å². The van der Waals surface area contributed by atoms with Crippen LogP contribution in [0.5, 0.6) is 0 Å². The van der Waals surface area contributed by atoms with Crippen molar-refractivity contribution in [3.8, 4) is 0 Å². The van der Waals surface area contributed by atoms with Gasteiger partial charge >= 0.3 is 201 Å². The normalized spacial score (nSPS) is 12.5. The van der Waals surface area contributed by atoms with Gasteiger partial charge in [-0.3, -0.25) is 0 Å². The molecule has 0 saturated carbocycles. The molecule has 0 radical (unpaired) electrons. The van der Waals surface area contributed by atoms with Gasteiger partial charge in [-0.15, -0.1) is 0 Å². The number of ether oxygens (including phenoxy) is 1. The minimum atomic E-state index is -3.14. The zero-order valence-corrected chi connectivity index (χ0v) is 24.3. The third-order valence-electron chi connectivity index (χ3n) is 6.22. The Hall–Kier alpha value is -1.08. The molecular weight excluding hydrogens is 509 g/mol. The maximum absolute atomic E-state index is 13.6. The van der Waals surface area contributed by atoms with Crippen LogP contribution in [0.25, 0.3) is 0 Å². The first kappa shape index (κ1) is 29.0. The fourth-order valence-electron chi connectivity index (χ4n) is 4.34. The van der Waals surface area contributed by atoms with Crippen LogP contribution in [0.1, 0.15) is 77.3 Å². The molecule has 0 bridgehead atoms. The van der Waals surface area contributed by atoms with Crippen LogP contribution in [-0.2, 0) is 17.4 Å². The molecule has 0 aliphatic rings. The van der Waals surface area contributed by atoms with E-state index in [2.05, 4.69) is 20.8 Å². The number of anilines is 1. The van der Waals surface area contributed by atoms with Crippen molar-refractivity contribution in [2.45, 2.75) is 99.4 Å². The topological polar surface area (TPSA) is 55.8 Å². The fourth-order valence-corrected chi connectivity index (χ4v) is 17.6. The Balaban J connectivity index is 3.30. The monoisotopic (exact) mass is 555 g/mol. The standard InChI is InChI=1S/C14H19NO4.3C4H9.Sn/c1-9-6-5-7-10(2)13(9)15(11(3)14(17)18)12(16)8-19-4;3*1-3-4-2;/h5-7,11H,8H2,1-4H3,(H,17,18);3*1,3-4H2,2H3;/q;;;;+1/p-1. The van der Waals surface area contributed by atoms with E-state index in [-0.39, 0.29) is 18.5 Å². The van der Waals surface area contributed by atoms with Gasteiger partial charge in [0, 0.05) is 0 Å². The number of carbonyl (C=O) groups excluding carboxylic acids is 2. The molecule has 0 N–H and O–H groups in total. The van der Waals surface area contributed by atoms with Crippen molar-refractivity contribution in [3.05, 3.63) is 29.3 Å². The molecule has 0 fully saturated rings. The number of aryl methyl sites for hydroxylation is 2. The van der Waals surface area contributed by atoms with Crippen LogP contribution in [0, 0.1) is 13.8 Å². The molecular formula is C26H45NO4Sn. The summed E-state index contributed by atoms with van der Waals surface area (Å²) in [6.07, 6.45) is 6.71. The second-order valence-corrected chi connectivity index (χ2v) is 20.6. The average molecular weight is 554 g/mol. The number of nitrogens with zero attached hydrogens (tertiary/aromatic N) is 1. The first-order chi connectivity index (χ1) is 15.3. The molecule has 182 valence electrons. The summed E-state index contributed by atoms with van der Waals surface area (Å²) < 4.78 is 14.9. The molecule has 0 saturated heterocycles. The minimum absolute atomic E-state index is 0.0681. The zero-order chi connectivity index (χ0) is 24.1. The second-order valence-electron chi connectivity index (χ2n) is 9.03. The molecule has 6 heteroatoms. The van der Waals surface area contributed by atoms with Crippen molar-refractivity contribution in [2.24, 2.45) is 0 Å². The summed E-state index contributed by atoms with van der Waals surface area (Å²) >= 11 is -3.14. The van der Waals surface area contributed by atoms with Crippen LogP contribution in [-0.4, -0.2) is 50.4 Å². The summed E-state index contributed by atoms with van der Waals surface area (Å²) in [4.78, 5) is 28.3. The zero-order valence-electron chi connectivity index (χ0n) is 21.5. The Morgan fingerprint density at radius 3 is 1.81 bits per heavy atom. The van der Waals surface area contributed by atoms with Crippen molar-refractivity contribution >= 4 is 36.4 Å². The summed E-state index contributed by atoms with van der Waals surface area (Å²) in [6, 6.07) is 5.23. The Morgan fingerprint density at radius 2 is 1.41 bits per heavy atom. The van der Waals surface area contributed by atoms with Gasteiger partial charge in [0.05, 0.1) is 0 Å². The van der Waals surface area contributed by atoms with Crippen LogP contribution >= 0.6 is 0 Å². The van der Waals surface area contributed by atoms with Gasteiger partial charge in [0.2, 0.25) is 0 Å². The van der Waals surface area contributed by atoms with Gasteiger partial charge in [0.15, 0.2) is 0 Å². The number of para-hydroxylation sites is 1. The van der Waals surface area contributed by atoms with Gasteiger partial charge in [-0.05, 0) is 0 Å². The van der Waals surface area contributed by atoms with E-state index >= 15 is 0 Å². The van der Waals surface area contributed by atoms with Gasteiger partial charge in [-0.2, -0.15) is 0 Å². The van der Waals surface area contributed by atoms with Crippen molar-refractivity contribution in [1.82, 2.24) is 0 Å². The third kappa shape index (κ3) is 8.36. The molecule has 32 heavy (non-hydrogen) atoms. The molecule has 1 aromatic carbocycles. The molecule has 1 aromatic rings. The number of hydrogen-bond acceptors (Lipinski definition) is 4.